The number of halogens is 1. The lowest BCUT2D eigenvalue weighted by Crippen LogP contribution is -2.48. The molecule has 2 fully saturated rings. The molecule has 2 aromatic carbocycles. The minimum absolute atomic E-state index is 0.118. The molecule has 2 aliphatic rings. The number of sulfonamides is 1. The van der Waals surface area contributed by atoms with Crippen LogP contribution in [0.2, 0.25) is 0 Å². The third-order valence-electron chi connectivity index (χ3n) is 8.10. The van der Waals surface area contributed by atoms with Gasteiger partial charge in [-0.15, -0.1) is 0 Å². The molecule has 1 amide bonds. The van der Waals surface area contributed by atoms with Crippen LogP contribution < -0.4 is 4.72 Å². The molecule has 42 heavy (non-hydrogen) atoms. The van der Waals surface area contributed by atoms with Crippen LogP contribution in [-0.2, 0) is 16.6 Å². The van der Waals surface area contributed by atoms with Crippen LogP contribution in [0.25, 0.3) is 0 Å². The molecular weight excluding hydrogens is 553 g/mol. The van der Waals surface area contributed by atoms with Crippen molar-refractivity contribution < 1.29 is 17.6 Å². The number of pyridine rings is 1. The molecule has 10 heteroatoms. The van der Waals surface area contributed by atoms with Crippen molar-refractivity contribution in [2.24, 2.45) is 10.9 Å². The summed E-state index contributed by atoms with van der Waals surface area (Å²) < 4.78 is 43.5. The Balaban J connectivity index is 1.21. The summed E-state index contributed by atoms with van der Waals surface area (Å²) in [6.45, 7) is 4.66. The Hall–Kier alpha value is -3.63. The largest absolute Gasteiger partial charge is 0.336 e. The highest BCUT2D eigenvalue weighted by molar-refractivity contribution is 7.92. The lowest BCUT2D eigenvalue weighted by atomic mass is 10.0. The third-order valence-corrected chi connectivity index (χ3v) is 9.51. The third kappa shape index (κ3) is 7.41. The van der Waals surface area contributed by atoms with E-state index >= 15 is 0 Å². The predicted octanol–water partition coefficient (Wildman–Crippen LogP) is 5.96. The zero-order chi connectivity index (χ0) is 29.5. The van der Waals surface area contributed by atoms with Gasteiger partial charge in [0.1, 0.15) is 10.7 Å². The van der Waals surface area contributed by atoms with Crippen molar-refractivity contribution in [1.29, 1.82) is 0 Å². The van der Waals surface area contributed by atoms with Crippen LogP contribution in [0.4, 0.5) is 15.8 Å². The van der Waals surface area contributed by atoms with Gasteiger partial charge in [-0.3, -0.25) is 24.4 Å². The summed E-state index contributed by atoms with van der Waals surface area (Å²) in [5.41, 5.74) is 2.71. The number of nitrogens with zero attached hydrogens (tertiary/aromatic N) is 4. The molecule has 1 saturated heterocycles. The van der Waals surface area contributed by atoms with Crippen LogP contribution in [0, 0.1) is 18.7 Å². The van der Waals surface area contributed by atoms with E-state index in [1.54, 1.807) is 53.6 Å². The second-order valence-corrected chi connectivity index (χ2v) is 12.8. The van der Waals surface area contributed by atoms with Gasteiger partial charge in [0.05, 0.1) is 11.9 Å². The molecule has 1 aromatic heterocycles. The van der Waals surface area contributed by atoms with E-state index in [0.717, 1.165) is 18.4 Å². The number of carbonyl (C=O) groups is 1. The molecule has 1 aliphatic heterocycles. The van der Waals surface area contributed by atoms with E-state index in [-0.39, 0.29) is 16.6 Å². The van der Waals surface area contributed by atoms with Gasteiger partial charge in [-0.05, 0) is 67.6 Å². The highest BCUT2D eigenvalue weighted by Crippen LogP contribution is 2.31. The summed E-state index contributed by atoms with van der Waals surface area (Å²) in [5.74, 6) is -0.0751. The summed E-state index contributed by atoms with van der Waals surface area (Å²) >= 11 is 0. The zero-order valence-corrected chi connectivity index (χ0v) is 24.8. The van der Waals surface area contributed by atoms with E-state index in [4.69, 9.17) is 0 Å². The first-order valence-corrected chi connectivity index (χ1v) is 16.2. The van der Waals surface area contributed by atoms with Gasteiger partial charge in [0.2, 0.25) is 0 Å². The average Bonchev–Trinajstić information content (AvgIpc) is 3.27. The van der Waals surface area contributed by atoms with Gasteiger partial charge in [0, 0.05) is 61.9 Å². The summed E-state index contributed by atoms with van der Waals surface area (Å²) in [5, 5.41) is 0. The standard InChI is InChI=1S/C32H38FN5O3S/c1-24-7-6-10-30(31(24)35-21-25-8-4-2-3-5-9-25)42(40,41)36-28-13-11-26(12-14-28)32(39)38-19-17-37(18-20-38)23-27-15-16-34-22-29(27)33/h6-7,10-16,21-22,25,36H,2-5,8-9,17-20,23H2,1H3. The number of para-hydroxylation sites is 1. The van der Waals surface area contributed by atoms with Gasteiger partial charge in [-0.1, -0.05) is 37.8 Å². The fourth-order valence-corrected chi connectivity index (χ4v) is 6.89. The lowest BCUT2D eigenvalue weighted by Gasteiger charge is -2.34. The minimum Gasteiger partial charge on any atom is -0.336 e. The van der Waals surface area contributed by atoms with Crippen LogP contribution in [-0.4, -0.2) is 61.5 Å². The van der Waals surface area contributed by atoms with Gasteiger partial charge in [0.25, 0.3) is 15.9 Å². The molecule has 8 nitrogen and oxygen atoms in total. The first kappa shape index (κ1) is 29.8. The highest BCUT2D eigenvalue weighted by atomic mass is 32.2. The van der Waals surface area contributed by atoms with Crippen molar-refractivity contribution in [1.82, 2.24) is 14.8 Å². The molecule has 2 heterocycles. The average molecular weight is 592 g/mol. The van der Waals surface area contributed by atoms with E-state index in [0.29, 0.717) is 61.1 Å². The predicted molar refractivity (Wildman–Crippen MR) is 163 cm³/mol. The van der Waals surface area contributed by atoms with E-state index in [2.05, 4.69) is 19.6 Å². The SMILES string of the molecule is Cc1cccc(S(=O)(=O)Nc2ccc(C(=O)N3CCN(Cc4ccncc4F)CC3)cc2)c1N=CC1CCCCCC1. The molecule has 0 spiro atoms. The molecule has 1 saturated carbocycles. The Kier molecular flexibility index (Phi) is 9.64. The molecule has 1 N–H and O–H groups in total. The van der Waals surface area contributed by atoms with Crippen LogP contribution in [0.15, 0.2) is 70.8 Å². The van der Waals surface area contributed by atoms with Gasteiger partial charge >= 0.3 is 0 Å². The summed E-state index contributed by atoms with van der Waals surface area (Å²) in [6, 6.07) is 13.3. The molecule has 222 valence electrons. The number of aliphatic imine (C=N–C) groups is 1. The van der Waals surface area contributed by atoms with Gasteiger partial charge in [0.15, 0.2) is 0 Å². The Bertz CT molecular complexity index is 1510. The van der Waals surface area contributed by atoms with Crippen LogP contribution in [0.5, 0.6) is 0 Å². The first-order chi connectivity index (χ1) is 20.3. The fraction of sp³-hybridized carbons (Fsp3) is 0.406. The van der Waals surface area contributed by atoms with E-state index in [1.165, 1.54) is 31.9 Å². The number of carbonyl (C=O) groups excluding carboxylic acids is 1. The van der Waals surface area contributed by atoms with Crippen molar-refractivity contribution in [3.63, 3.8) is 0 Å². The number of aromatic nitrogens is 1. The Labute approximate surface area is 247 Å². The van der Waals surface area contributed by atoms with Crippen molar-refractivity contribution in [2.45, 2.75) is 56.9 Å². The van der Waals surface area contributed by atoms with E-state index in [9.17, 15) is 17.6 Å². The van der Waals surface area contributed by atoms with Gasteiger partial charge in [-0.25, -0.2) is 12.8 Å². The fourth-order valence-electron chi connectivity index (χ4n) is 5.61. The molecule has 0 radical (unpaired) electrons. The summed E-state index contributed by atoms with van der Waals surface area (Å²) in [7, 11) is -3.91. The number of benzene rings is 2. The number of hydrogen-bond acceptors (Lipinski definition) is 6. The maximum Gasteiger partial charge on any atom is 0.264 e. The quantitative estimate of drug-likeness (QED) is 0.258. The second kappa shape index (κ2) is 13.6. The highest BCUT2D eigenvalue weighted by Gasteiger charge is 2.24. The molecule has 1 aliphatic carbocycles. The van der Waals surface area contributed by atoms with Crippen LogP contribution in [0.3, 0.4) is 0 Å². The second-order valence-electron chi connectivity index (χ2n) is 11.2. The molecule has 0 atom stereocenters. The number of amides is 1. The van der Waals surface area contributed by atoms with E-state index in [1.807, 2.05) is 19.2 Å². The van der Waals surface area contributed by atoms with E-state index < -0.39 is 10.0 Å². The van der Waals surface area contributed by atoms with Crippen LogP contribution in [0.1, 0.15) is 60.0 Å². The molecule has 0 unspecified atom stereocenters. The number of hydrogen-bond donors (Lipinski definition) is 1. The topological polar surface area (TPSA) is 95.0 Å². The summed E-state index contributed by atoms with van der Waals surface area (Å²) in [4.78, 5) is 25.6. The Morgan fingerprint density at radius 2 is 1.74 bits per heavy atom. The normalized spacial score (nSPS) is 17.3. The number of aryl methyl sites for hydroxylation is 1. The monoisotopic (exact) mass is 591 g/mol. The first-order valence-electron chi connectivity index (χ1n) is 14.7. The minimum atomic E-state index is -3.91. The lowest BCUT2D eigenvalue weighted by molar-refractivity contribution is 0.0627. The summed E-state index contributed by atoms with van der Waals surface area (Å²) in [6.07, 6.45) is 11.7. The zero-order valence-electron chi connectivity index (χ0n) is 24.0. The number of nitrogens with one attached hydrogen (secondary N) is 1. The molecule has 0 bridgehead atoms. The van der Waals surface area contributed by atoms with Gasteiger partial charge < -0.3 is 4.90 Å². The Morgan fingerprint density at radius 1 is 1.02 bits per heavy atom. The number of piperazine rings is 1. The molecule has 5 rings (SSSR count). The van der Waals surface area contributed by atoms with Crippen molar-refractivity contribution >= 4 is 33.5 Å². The maximum atomic E-state index is 14.0. The smallest absolute Gasteiger partial charge is 0.264 e. The van der Waals surface area contributed by atoms with Crippen molar-refractivity contribution in [2.75, 3.05) is 30.9 Å². The van der Waals surface area contributed by atoms with Crippen LogP contribution >= 0.6 is 0 Å². The maximum absolute atomic E-state index is 14.0. The van der Waals surface area contributed by atoms with Crippen molar-refractivity contribution in [3.8, 4) is 0 Å². The molecule has 3 aromatic rings. The number of anilines is 1. The molecular formula is C32H38FN5O3S. The number of rotatable bonds is 8. The van der Waals surface area contributed by atoms with Gasteiger partial charge in [-0.2, -0.15) is 0 Å². The Morgan fingerprint density at radius 3 is 2.43 bits per heavy atom. The van der Waals surface area contributed by atoms with Crippen molar-refractivity contribution in [3.05, 3.63) is 83.4 Å².